The Morgan fingerprint density at radius 2 is 1.94 bits per heavy atom. The van der Waals surface area contributed by atoms with Gasteiger partial charge in [0.05, 0.1) is 16.5 Å². The van der Waals surface area contributed by atoms with E-state index in [0.717, 1.165) is 41.5 Å². The molecule has 4 rings (SSSR count). The lowest BCUT2D eigenvalue weighted by Gasteiger charge is -2.27. The van der Waals surface area contributed by atoms with Crippen LogP contribution >= 0.6 is 35.1 Å². The van der Waals surface area contributed by atoms with Crippen LogP contribution in [0.3, 0.4) is 0 Å². The number of aromatic nitrogens is 1. The zero-order valence-corrected chi connectivity index (χ0v) is 22.5. The number of alkyl halides is 1. The van der Waals surface area contributed by atoms with Gasteiger partial charge in [0.2, 0.25) is 0 Å². The van der Waals surface area contributed by atoms with Crippen LogP contribution in [-0.2, 0) is 18.3 Å². The molecule has 0 saturated heterocycles. The number of nitrogens with zero attached hydrogens (tertiary/aromatic N) is 2. The Morgan fingerprint density at radius 1 is 1.17 bits per heavy atom. The van der Waals surface area contributed by atoms with Crippen molar-refractivity contribution in [1.29, 1.82) is 5.26 Å². The molecule has 0 spiro atoms. The molecule has 1 aromatic heterocycles. The van der Waals surface area contributed by atoms with E-state index >= 15 is 0 Å². The van der Waals surface area contributed by atoms with Crippen molar-refractivity contribution >= 4 is 35.1 Å². The lowest BCUT2D eigenvalue weighted by Crippen LogP contribution is -2.30. The number of nitriles is 1. The minimum absolute atomic E-state index is 0.299. The molecule has 0 aliphatic heterocycles. The molecule has 35 heavy (non-hydrogen) atoms. The second-order valence-electron chi connectivity index (χ2n) is 9.28. The zero-order chi connectivity index (χ0) is 25.0. The molecule has 1 heterocycles. The molecule has 1 aliphatic carbocycles. The minimum Gasteiger partial charge on any atom is -0.489 e. The first-order chi connectivity index (χ1) is 16.9. The first kappa shape index (κ1) is 25.9. The maximum atomic E-state index is 9.66. The average molecular weight is 527 g/mol. The van der Waals surface area contributed by atoms with Crippen molar-refractivity contribution in [3.8, 4) is 22.9 Å². The number of benzene rings is 2. The maximum Gasteiger partial charge on any atom is 0.155 e. The largest absolute Gasteiger partial charge is 0.489 e. The average Bonchev–Trinajstić information content (AvgIpc) is 2.87. The van der Waals surface area contributed by atoms with Crippen molar-refractivity contribution in [2.75, 3.05) is 18.7 Å². The van der Waals surface area contributed by atoms with Crippen LogP contribution in [0.5, 0.6) is 5.75 Å². The maximum absolute atomic E-state index is 9.66. The van der Waals surface area contributed by atoms with E-state index in [2.05, 4.69) is 61.2 Å². The Hall–Kier alpha value is -2.23. The molecule has 0 radical (unpaired) electrons. The summed E-state index contributed by atoms with van der Waals surface area (Å²) in [6.07, 6.45) is 7.22. The summed E-state index contributed by atoms with van der Waals surface area (Å²) in [5.41, 5.74) is 6.98. The van der Waals surface area contributed by atoms with Gasteiger partial charge < -0.3 is 4.74 Å². The van der Waals surface area contributed by atoms with Crippen LogP contribution in [0.1, 0.15) is 48.2 Å². The highest BCUT2D eigenvalue weighted by molar-refractivity contribution is 7.96. The van der Waals surface area contributed by atoms with E-state index in [1.54, 1.807) is 11.9 Å². The predicted octanol–water partition coefficient (Wildman–Crippen LogP) is 6.94. The molecule has 4 nitrogen and oxygen atoms in total. The summed E-state index contributed by atoms with van der Waals surface area (Å²) in [5.74, 6) is 0.719. The smallest absolute Gasteiger partial charge is 0.155 e. The van der Waals surface area contributed by atoms with Crippen molar-refractivity contribution in [2.24, 2.45) is 0 Å². The van der Waals surface area contributed by atoms with E-state index in [4.69, 9.17) is 32.9 Å². The molecular weight excluding hydrogens is 497 g/mol. The van der Waals surface area contributed by atoms with Crippen LogP contribution in [0.4, 0.5) is 0 Å². The van der Waals surface area contributed by atoms with Crippen molar-refractivity contribution < 1.29 is 4.74 Å². The number of halogens is 2. The lowest BCUT2D eigenvalue weighted by atomic mass is 9.77. The monoisotopic (exact) mass is 525 g/mol. The van der Waals surface area contributed by atoms with Crippen LogP contribution < -0.4 is 9.46 Å². The molecule has 0 bridgehead atoms. The fourth-order valence-corrected chi connectivity index (χ4v) is 5.49. The van der Waals surface area contributed by atoms with Gasteiger partial charge in [-0.3, -0.25) is 9.71 Å². The Kier molecular flexibility index (Phi) is 8.29. The fraction of sp³-hybridized carbons (Fsp3) is 0.357. The van der Waals surface area contributed by atoms with Crippen molar-refractivity contribution in [2.45, 2.75) is 44.6 Å². The number of pyridine rings is 1. The molecule has 7 heteroatoms. The summed E-state index contributed by atoms with van der Waals surface area (Å²) in [4.78, 5) is 4.79. The van der Waals surface area contributed by atoms with Gasteiger partial charge in [0.15, 0.2) is 5.75 Å². The van der Waals surface area contributed by atoms with Crippen LogP contribution in [0.2, 0.25) is 5.02 Å². The number of aryl methyl sites for hydroxylation is 1. The van der Waals surface area contributed by atoms with E-state index in [9.17, 15) is 5.26 Å². The van der Waals surface area contributed by atoms with Gasteiger partial charge in [0.25, 0.3) is 0 Å². The van der Waals surface area contributed by atoms with Crippen LogP contribution in [0.15, 0.2) is 48.7 Å². The van der Waals surface area contributed by atoms with Gasteiger partial charge in [-0.25, -0.2) is 0 Å². The zero-order valence-electron chi connectivity index (χ0n) is 20.2. The Morgan fingerprint density at radius 3 is 2.63 bits per heavy atom. The van der Waals surface area contributed by atoms with E-state index in [1.165, 1.54) is 11.3 Å². The molecule has 182 valence electrons. The van der Waals surface area contributed by atoms with Crippen LogP contribution in [0.25, 0.3) is 11.1 Å². The second-order valence-corrected chi connectivity index (χ2v) is 10.7. The number of hydrogen-bond donors (Lipinski definition) is 1. The second kappa shape index (κ2) is 11.2. The summed E-state index contributed by atoms with van der Waals surface area (Å²) in [6.45, 7) is 4.56. The Balaban J connectivity index is 1.58. The van der Waals surface area contributed by atoms with Crippen molar-refractivity contribution in [3.05, 3.63) is 81.6 Å². The number of nitrogens with one attached hydrogen (secondary N) is 1. The third-order valence-electron chi connectivity index (χ3n) is 6.70. The molecule has 1 atom stereocenters. The number of hydrogen-bond acceptors (Lipinski definition) is 5. The lowest BCUT2D eigenvalue weighted by molar-refractivity contribution is 0.341. The quantitative estimate of drug-likeness (QED) is 0.255. The summed E-state index contributed by atoms with van der Waals surface area (Å²) in [6, 6.07) is 17.3. The molecule has 1 aliphatic rings. The van der Waals surface area contributed by atoms with E-state index in [1.807, 2.05) is 18.3 Å². The number of rotatable bonds is 8. The van der Waals surface area contributed by atoms with E-state index < -0.39 is 0 Å². The topological polar surface area (TPSA) is 57.9 Å². The molecule has 1 N–H and O–H groups in total. The molecule has 2 aromatic carbocycles. The van der Waals surface area contributed by atoms with Gasteiger partial charge in [-0.15, -0.1) is 11.6 Å². The van der Waals surface area contributed by atoms with Crippen molar-refractivity contribution in [3.63, 3.8) is 0 Å². The Labute approximate surface area is 222 Å². The predicted molar refractivity (Wildman–Crippen MR) is 147 cm³/mol. The highest BCUT2D eigenvalue weighted by Gasteiger charge is 2.26. The number of fused-ring (bicyclic) bond motifs is 1. The SMILES string of the molecule is CSNC1CCc2cc(-c3ccc(C(C)(C)c4cc(Cl)c(OCCCl)c(C#N)c4)cc3)cnc2C1. The third kappa shape index (κ3) is 5.62. The highest BCUT2D eigenvalue weighted by atomic mass is 35.5. The standard InChI is InChI=1S/C28H29Cl2N3OS/c1-28(2,23-13-20(16-31)27(25(30)14-23)34-11-10-29)22-7-4-18(5-8-22)21-12-19-6-9-24(33-35-3)15-26(19)32-17-21/h4-5,7-8,12-14,17,24,33H,6,9-11,15H2,1-3H3. The molecular formula is C28H29Cl2N3OS. The summed E-state index contributed by atoms with van der Waals surface area (Å²) in [7, 11) is 0. The number of ether oxygens (including phenoxy) is 1. The highest BCUT2D eigenvalue weighted by Crippen LogP contribution is 2.39. The summed E-state index contributed by atoms with van der Waals surface area (Å²) >= 11 is 13.9. The van der Waals surface area contributed by atoms with Gasteiger partial charge in [-0.05, 0) is 59.6 Å². The van der Waals surface area contributed by atoms with E-state index in [0.29, 0.717) is 34.9 Å². The van der Waals surface area contributed by atoms with Crippen LogP contribution in [0, 0.1) is 11.3 Å². The molecule has 0 saturated carbocycles. The Bertz CT molecular complexity index is 1240. The summed E-state index contributed by atoms with van der Waals surface area (Å²) < 4.78 is 9.07. The first-order valence-electron chi connectivity index (χ1n) is 11.7. The third-order valence-corrected chi connectivity index (χ3v) is 7.70. The molecule has 1 unspecified atom stereocenters. The molecule has 3 aromatic rings. The van der Waals surface area contributed by atoms with Gasteiger partial charge in [-0.2, -0.15) is 5.26 Å². The normalized spacial score (nSPS) is 15.4. The minimum atomic E-state index is -0.355. The van der Waals surface area contributed by atoms with Gasteiger partial charge in [0, 0.05) is 35.3 Å². The van der Waals surface area contributed by atoms with Crippen LogP contribution in [-0.4, -0.2) is 29.8 Å². The molecule has 0 fully saturated rings. The van der Waals surface area contributed by atoms with Gasteiger partial charge >= 0.3 is 0 Å². The van der Waals surface area contributed by atoms with Crippen molar-refractivity contribution in [1.82, 2.24) is 9.71 Å². The van der Waals surface area contributed by atoms with E-state index in [-0.39, 0.29) is 5.41 Å². The molecule has 0 amide bonds. The fourth-order valence-electron chi connectivity index (χ4n) is 4.60. The van der Waals surface area contributed by atoms with Gasteiger partial charge in [0.1, 0.15) is 12.7 Å². The van der Waals surface area contributed by atoms with Gasteiger partial charge in [-0.1, -0.05) is 61.7 Å². The summed E-state index contributed by atoms with van der Waals surface area (Å²) in [5, 5.41) is 10.1. The first-order valence-corrected chi connectivity index (χ1v) is 13.8.